The highest BCUT2D eigenvalue weighted by Gasteiger charge is 2.34. The Balaban J connectivity index is 2.25. The van der Waals surface area contributed by atoms with Crippen molar-refractivity contribution in [3.63, 3.8) is 0 Å². The third-order valence-corrected chi connectivity index (χ3v) is 4.14. The van der Waals surface area contributed by atoms with E-state index in [1.165, 1.54) is 5.56 Å². The molecule has 1 saturated heterocycles. The Morgan fingerprint density at radius 3 is 2.33 bits per heavy atom. The molecule has 21 heavy (non-hydrogen) atoms. The maximum absolute atomic E-state index is 12.7. The SMILES string of the molecule is Cc1ccc(C(C)N2CCC(=O)NC(C(C)C)C2=O)cc1. The monoisotopic (exact) mass is 288 g/mol. The molecule has 0 aliphatic carbocycles. The van der Waals surface area contributed by atoms with Gasteiger partial charge in [-0.25, -0.2) is 0 Å². The van der Waals surface area contributed by atoms with E-state index >= 15 is 0 Å². The Morgan fingerprint density at radius 1 is 1.14 bits per heavy atom. The summed E-state index contributed by atoms with van der Waals surface area (Å²) in [6.07, 6.45) is 0.366. The van der Waals surface area contributed by atoms with E-state index < -0.39 is 6.04 Å². The van der Waals surface area contributed by atoms with Crippen LogP contribution in [0.1, 0.15) is 44.4 Å². The third-order valence-electron chi connectivity index (χ3n) is 4.14. The summed E-state index contributed by atoms with van der Waals surface area (Å²) in [6, 6.07) is 7.77. The lowest BCUT2D eigenvalue weighted by Gasteiger charge is -2.31. The summed E-state index contributed by atoms with van der Waals surface area (Å²) in [5, 5.41) is 2.84. The number of nitrogens with one attached hydrogen (secondary N) is 1. The van der Waals surface area contributed by atoms with Crippen LogP contribution in [0.5, 0.6) is 0 Å². The van der Waals surface area contributed by atoms with Crippen LogP contribution in [0.2, 0.25) is 0 Å². The number of aryl methyl sites for hydroxylation is 1. The molecule has 0 spiro atoms. The Bertz CT molecular complexity index is 522. The van der Waals surface area contributed by atoms with Gasteiger partial charge < -0.3 is 10.2 Å². The van der Waals surface area contributed by atoms with E-state index in [1.807, 2.05) is 32.6 Å². The predicted octanol–water partition coefficient (Wildman–Crippen LogP) is 2.43. The van der Waals surface area contributed by atoms with Crippen LogP contribution in [0.15, 0.2) is 24.3 Å². The number of carbonyl (C=O) groups is 2. The Kier molecular flexibility index (Phi) is 4.66. The van der Waals surface area contributed by atoms with E-state index in [0.29, 0.717) is 13.0 Å². The van der Waals surface area contributed by atoms with E-state index in [2.05, 4.69) is 29.6 Å². The third kappa shape index (κ3) is 3.43. The lowest BCUT2D eigenvalue weighted by molar-refractivity contribution is -0.136. The summed E-state index contributed by atoms with van der Waals surface area (Å²) in [5.41, 5.74) is 2.30. The number of carbonyl (C=O) groups excluding carboxylic acids is 2. The van der Waals surface area contributed by atoms with Crippen molar-refractivity contribution in [2.24, 2.45) is 5.92 Å². The van der Waals surface area contributed by atoms with Gasteiger partial charge in [0.2, 0.25) is 11.8 Å². The van der Waals surface area contributed by atoms with Crippen molar-refractivity contribution in [2.45, 2.75) is 46.2 Å². The highest BCUT2D eigenvalue weighted by molar-refractivity contribution is 5.90. The zero-order valence-electron chi connectivity index (χ0n) is 13.2. The molecule has 1 aliphatic rings. The summed E-state index contributed by atoms with van der Waals surface area (Å²) >= 11 is 0. The van der Waals surface area contributed by atoms with E-state index in [9.17, 15) is 9.59 Å². The maximum atomic E-state index is 12.7. The first-order valence-electron chi connectivity index (χ1n) is 7.56. The number of amides is 2. The van der Waals surface area contributed by atoms with Crippen LogP contribution in [-0.2, 0) is 9.59 Å². The van der Waals surface area contributed by atoms with Crippen LogP contribution in [-0.4, -0.2) is 29.3 Å². The smallest absolute Gasteiger partial charge is 0.245 e. The van der Waals surface area contributed by atoms with E-state index in [0.717, 1.165) is 5.56 Å². The van der Waals surface area contributed by atoms with Gasteiger partial charge >= 0.3 is 0 Å². The lowest BCUT2D eigenvalue weighted by atomic mass is 10.0. The molecule has 0 saturated carbocycles. The van der Waals surface area contributed by atoms with Crippen molar-refractivity contribution < 1.29 is 9.59 Å². The number of hydrogen-bond donors (Lipinski definition) is 1. The normalized spacial score (nSPS) is 21.2. The summed E-state index contributed by atoms with van der Waals surface area (Å²) in [7, 11) is 0. The molecule has 0 radical (unpaired) electrons. The predicted molar refractivity (Wildman–Crippen MR) is 82.7 cm³/mol. The first-order chi connectivity index (χ1) is 9.90. The van der Waals surface area contributed by atoms with Crippen LogP contribution in [0, 0.1) is 12.8 Å². The standard InChI is InChI=1S/C17H24N2O2/c1-11(2)16-17(21)19(10-9-15(20)18-16)13(4)14-7-5-12(3)6-8-14/h5-8,11,13,16H,9-10H2,1-4H3,(H,18,20). The van der Waals surface area contributed by atoms with Gasteiger partial charge in [-0.1, -0.05) is 43.7 Å². The molecule has 1 aliphatic heterocycles. The van der Waals surface area contributed by atoms with Gasteiger partial charge in [0.05, 0.1) is 6.04 Å². The van der Waals surface area contributed by atoms with Crippen LogP contribution in [0.4, 0.5) is 0 Å². The van der Waals surface area contributed by atoms with Gasteiger partial charge in [-0.2, -0.15) is 0 Å². The van der Waals surface area contributed by atoms with E-state index in [4.69, 9.17) is 0 Å². The van der Waals surface area contributed by atoms with E-state index in [-0.39, 0.29) is 23.8 Å². The second kappa shape index (κ2) is 6.29. The molecule has 1 aromatic rings. The second-order valence-electron chi connectivity index (χ2n) is 6.16. The highest BCUT2D eigenvalue weighted by atomic mass is 16.2. The molecule has 1 fully saturated rings. The zero-order valence-corrected chi connectivity index (χ0v) is 13.2. The lowest BCUT2D eigenvalue weighted by Crippen LogP contribution is -2.48. The van der Waals surface area contributed by atoms with Gasteiger partial charge in [-0.05, 0) is 25.3 Å². The van der Waals surface area contributed by atoms with Gasteiger partial charge in [0.1, 0.15) is 6.04 Å². The van der Waals surface area contributed by atoms with Crippen LogP contribution in [0.3, 0.4) is 0 Å². The average molecular weight is 288 g/mol. The molecule has 2 atom stereocenters. The molecule has 2 unspecified atom stereocenters. The number of hydrogen-bond acceptors (Lipinski definition) is 2. The van der Waals surface area contributed by atoms with Crippen LogP contribution < -0.4 is 5.32 Å². The van der Waals surface area contributed by atoms with Crippen LogP contribution >= 0.6 is 0 Å². The quantitative estimate of drug-likeness (QED) is 0.928. The average Bonchev–Trinajstić information content (AvgIpc) is 2.58. The largest absolute Gasteiger partial charge is 0.344 e. The van der Waals surface area contributed by atoms with Crippen molar-refractivity contribution in [1.82, 2.24) is 10.2 Å². The fourth-order valence-corrected chi connectivity index (χ4v) is 2.68. The minimum Gasteiger partial charge on any atom is -0.344 e. The second-order valence-corrected chi connectivity index (χ2v) is 6.16. The van der Waals surface area contributed by atoms with Crippen molar-refractivity contribution in [3.05, 3.63) is 35.4 Å². The van der Waals surface area contributed by atoms with Crippen molar-refractivity contribution in [1.29, 1.82) is 0 Å². The number of benzene rings is 1. The summed E-state index contributed by atoms with van der Waals surface area (Å²) in [6.45, 7) is 8.47. The fourth-order valence-electron chi connectivity index (χ4n) is 2.68. The molecule has 1 N–H and O–H groups in total. The van der Waals surface area contributed by atoms with Gasteiger partial charge in [0, 0.05) is 13.0 Å². The minimum atomic E-state index is -0.423. The molecule has 1 aromatic carbocycles. The summed E-state index contributed by atoms with van der Waals surface area (Å²) in [4.78, 5) is 26.4. The van der Waals surface area contributed by atoms with Crippen molar-refractivity contribution >= 4 is 11.8 Å². The molecule has 4 nitrogen and oxygen atoms in total. The first-order valence-corrected chi connectivity index (χ1v) is 7.56. The maximum Gasteiger partial charge on any atom is 0.245 e. The highest BCUT2D eigenvalue weighted by Crippen LogP contribution is 2.24. The van der Waals surface area contributed by atoms with E-state index in [1.54, 1.807) is 0 Å². The van der Waals surface area contributed by atoms with Gasteiger partial charge in [-0.15, -0.1) is 0 Å². The first kappa shape index (κ1) is 15.5. The molecule has 0 bridgehead atoms. The minimum absolute atomic E-state index is 0.0175. The molecule has 4 heteroatoms. The number of nitrogens with zero attached hydrogens (tertiary/aromatic N) is 1. The topological polar surface area (TPSA) is 49.4 Å². The van der Waals surface area contributed by atoms with Gasteiger partial charge in [0.15, 0.2) is 0 Å². The summed E-state index contributed by atoms with van der Waals surface area (Å²) < 4.78 is 0. The molecule has 2 rings (SSSR count). The zero-order chi connectivity index (χ0) is 15.6. The van der Waals surface area contributed by atoms with Crippen molar-refractivity contribution in [3.8, 4) is 0 Å². The molecule has 1 heterocycles. The Labute approximate surface area is 126 Å². The van der Waals surface area contributed by atoms with Gasteiger partial charge in [0.25, 0.3) is 0 Å². The van der Waals surface area contributed by atoms with Crippen molar-refractivity contribution in [2.75, 3.05) is 6.54 Å². The Hall–Kier alpha value is -1.84. The molecule has 114 valence electrons. The van der Waals surface area contributed by atoms with Crippen LogP contribution in [0.25, 0.3) is 0 Å². The van der Waals surface area contributed by atoms with Gasteiger partial charge in [-0.3, -0.25) is 9.59 Å². The summed E-state index contributed by atoms with van der Waals surface area (Å²) in [5.74, 6) is 0.0665. The fraction of sp³-hybridized carbons (Fsp3) is 0.529. The number of rotatable bonds is 3. The molecule has 2 amide bonds. The Morgan fingerprint density at radius 2 is 1.76 bits per heavy atom. The molecule has 0 aromatic heterocycles. The molecular weight excluding hydrogens is 264 g/mol. The molecular formula is C17H24N2O2.